The molecule has 1 aromatic carbocycles. The summed E-state index contributed by atoms with van der Waals surface area (Å²) in [6.07, 6.45) is 1.76. The zero-order valence-corrected chi connectivity index (χ0v) is 12.5. The first-order chi connectivity index (χ1) is 10.2. The van der Waals surface area contributed by atoms with Crippen LogP contribution in [0.3, 0.4) is 0 Å². The highest BCUT2D eigenvalue weighted by Gasteiger charge is 2.13. The van der Waals surface area contributed by atoms with Crippen molar-refractivity contribution in [2.75, 3.05) is 12.4 Å². The zero-order chi connectivity index (χ0) is 14.8. The van der Waals surface area contributed by atoms with E-state index >= 15 is 0 Å². The Balaban J connectivity index is 2.25. The maximum Gasteiger partial charge on any atom is 0.221 e. The minimum Gasteiger partial charge on any atom is -0.492 e. The average molecular weight is 298 g/mol. The molecule has 0 aliphatic rings. The van der Waals surface area contributed by atoms with E-state index in [1.165, 1.54) is 6.92 Å². The van der Waals surface area contributed by atoms with Crippen LogP contribution in [0.5, 0.6) is 5.75 Å². The van der Waals surface area contributed by atoms with Gasteiger partial charge in [-0.25, -0.2) is 0 Å². The number of anilines is 1. The number of pyridine rings is 1. The molecule has 1 N–H and O–H groups in total. The number of carbonyl (C=O) groups excluding carboxylic acids is 1. The highest BCUT2D eigenvalue weighted by atomic mass is 32.1. The number of hydrogen-bond donors (Lipinski definition) is 1. The largest absolute Gasteiger partial charge is 0.492 e. The van der Waals surface area contributed by atoms with Crippen LogP contribution < -0.4 is 10.1 Å². The van der Waals surface area contributed by atoms with Crippen molar-refractivity contribution in [2.45, 2.75) is 6.92 Å². The van der Waals surface area contributed by atoms with Crippen LogP contribution >= 0.6 is 11.3 Å². The van der Waals surface area contributed by atoms with Gasteiger partial charge >= 0.3 is 0 Å². The number of hydrogen-bond acceptors (Lipinski definition) is 4. The Morgan fingerprint density at radius 1 is 1.29 bits per heavy atom. The minimum atomic E-state index is -0.137. The first-order valence-corrected chi connectivity index (χ1v) is 7.41. The molecule has 1 amide bonds. The summed E-state index contributed by atoms with van der Waals surface area (Å²) in [5, 5.41) is 7.92. The summed E-state index contributed by atoms with van der Waals surface area (Å²) >= 11 is 1.66. The van der Waals surface area contributed by atoms with Crippen molar-refractivity contribution in [3.05, 3.63) is 41.2 Å². The smallest absolute Gasteiger partial charge is 0.221 e. The highest BCUT2D eigenvalue weighted by Crippen LogP contribution is 2.37. The summed E-state index contributed by atoms with van der Waals surface area (Å²) in [5.74, 6) is 0.446. The molecule has 5 heteroatoms. The molecule has 0 aliphatic carbocycles. The van der Waals surface area contributed by atoms with E-state index in [-0.39, 0.29) is 5.91 Å². The number of thiophene rings is 1. The monoisotopic (exact) mass is 298 g/mol. The molecule has 0 unspecified atom stereocenters. The van der Waals surface area contributed by atoms with Crippen molar-refractivity contribution in [3.63, 3.8) is 0 Å². The summed E-state index contributed by atoms with van der Waals surface area (Å²) < 4.78 is 5.46. The molecule has 0 spiro atoms. The maximum absolute atomic E-state index is 11.3. The molecule has 3 aromatic rings. The van der Waals surface area contributed by atoms with Crippen LogP contribution in [0.15, 0.2) is 41.2 Å². The van der Waals surface area contributed by atoms with Crippen LogP contribution in [0.1, 0.15) is 6.92 Å². The number of nitrogens with zero attached hydrogens (tertiary/aromatic N) is 1. The summed E-state index contributed by atoms with van der Waals surface area (Å²) in [6, 6.07) is 7.87. The van der Waals surface area contributed by atoms with Crippen molar-refractivity contribution in [2.24, 2.45) is 0 Å². The number of aromatic nitrogens is 1. The molecule has 0 saturated carbocycles. The molecule has 106 valence electrons. The highest BCUT2D eigenvalue weighted by molar-refractivity contribution is 7.08. The van der Waals surface area contributed by atoms with Gasteiger partial charge in [0.15, 0.2) is 5.75 Å². The Bertz CT molecular complexity index is 797. The fraction of sp³-hybridized carbons (Fsp3) is 0.125. The zero-order valence-electron chi connectivity index (χ0n) is 11.7. The molecule has 3 rings (SSSR count). The number of benzene rings is 1. The second-order valence-electron chi connectivity index (χ2n) is 4.59. The first kappa shape index (κ1) is 13.6. The third kappa shape index (κ3) is 2.48. The van der Waals surface area contributed by atoms with Gasteiger partial charge in [0.05, 0.1) is 12.8 Å². The second kappa shape index (κ2) is 5.54. The standard InChI is InChI=1S/C16H14N2O2S/c1-10(19)18-14-4-3-13-12(11-6-8-21-9-11)5-7-17-15(13)16(14)20-2/h3-9H,1-2H3,(H,18,19). The third-order valence-electron chi connectivity index (χ3n) is 3.21. The molecule has 0 aliphatic heterocycles. The Morgan fingerprint density at radius 3 is 2.81 bits per heavy atom. The summed E-state index contributed by atoms with van der Waals surface area (Å²) in [7, 11) is 1.58. The Labute approximate surface area is 126 Å². The maximum atomic E-state index is 11.3. The molecule has 0 fully saturated rings. The van der Waals surface area contributed by atoms with Crippen molar-refractivity contribution in [3.8, 4) is 16.9 Å². The molecule has 4 nitrogen and oxygen atoms in total. The Kier molecular flexibility index (Phi) is 3.58. The van der Waals surface area contributed by atoms with E-state index in [9.17, 15) is 4.79 Å². The molecular formula is C16H14N2O2S. The topological polar surface area (TPSA) is 51.2 Å². The fourth-order valence-corrected chi connectivity index (χ4v) is 3.01. The molecule has 0 saturated heterocycles. The van der Waals surface area contributed by atoms with E-state index in [0.717, 1.165) is 22.0 Å². The number of amides is 1. The lowest BCUT2D eigenvalue weighted by atomic mass is 10.0. The molecule has 21 heavy (non-hydrogen) atoms. The van der Waals surface area contributed by atoms with E-state index in [1.807, 2.05) is 23.6 Å². The number of fused-ring (bicyclic) bond motifs is 1. The lowest BCUT2D eigenvalue weighted by Crippen LogP contribution is -2.07. The fourth-order valence-electron chi connectivity index (χ4n) is 2.36. The van der Waals surface area contributed by atoms with Crippen LogP contribution in [0.4, 0.5) is 5.69 Å². The SMILES string of the molecule is COc1c(NC(C)=O)ccc2c(-c3ccsc3)ccnc12. The molecule has 0 radical (unpaired) electrons. The van der Waals surface area contributed by atoms with Crippen molar-refractivity contribution in [1.29, 1.82) is 0 Å². The van der Waals surface area contributed by atoms with E-state index < -0.39 is 0 Å². The van der Waals surface area contributed by atoms with Gasteiger partial charge in [0.1, 0.15) is 5.52 Å². The first-order valence-electron chi connectivity index (χ1n) is 6.46. The number of rotatable bonds is 3. The van der Waals surface area contributed by atoms with Crippen LogP contribution in [-0.4, -0.2) is 18.0 Å². The molecule has 2 heterocycles. The molecule has 2 aromatic heterocycles. The van der Waals surface area contributed by atoms with Crippen LogP contribution in [-0.2, 0) is 4.79 Å². The second-order valence-corrected chi connectivity index (χ2v) is 5.37. The van der Waals surface area contributed by atoms with Crippen LogP contribution in [0, 0.1) is 0 Å². The number of ether oxygens (including phenoxy) is 1. The quantitative estimate of drug-likeness (QED) is 0.797. The van der Waals surface area contributed by atoms with Gasteiger partial charge < -0.3 is 10.1 Å². The lowest BCUT2D eigenvalue weighted by molar-refractivity contribution is -0.114. The summed E-state index contributed by atoms with van der Waals surface area (Å²) in [4.78, 5) is 15.7. The van der Waals surface area contributed by atoms with Gasteiger partial charge in [-0.3, -0.25) is 9.78 Å². The summed E-state index contributed by atoms with van der Waals surface area (Å²) in [5.41, 5.74) is 3.63. The van der Waals surface area contributed by atoms with Crippen molar-refractivity contribution >= 4 is 33.8 Å². The molecular weight excluding hydrogens is 284 g/mol. The van der Waals surface area contributed by atoms with E-state index in [2.05, 4.69) is 21.7 Å². The van der Waals surface area contributed by atoms with Crippen LogP contribution in [0.25, 0.3) is 22.0 Å². The van der Waals surface area contributed by atoms with E-state index in [4.69, 9.17) is 4.74 Å². The van der Waals surface area contributed by atoms with E-state index in [0.29, 0.717) is 11.4 Å². The predicted octanol–water partition coefficient (Wildman–Crippen LogP) is 3.93. The Morgan fingerprint density at radius 2 is 2.14 bits per heavy atom. The predicted molar refractivity (Wildman–Crippen MR) is 85.9 cm³/mol. The molecule has 0 bridgehead atoms. The van der Waals surface area contributed by atoms with Gasteiger partial charge in [0, 0.05) is 18.5 Å². The van der Waals surface area contributed by atoms with Gasteiger partial charge in [0.2, 0.25) is 5.91 Å². The molecule has 0 atom stereocenters. The van der Waals surface area contributed by atoms with Crippen molar-refractivity contribution in [1.82, 2.24) is 4.98 Å². The lowest BCUT2D eigenvalue weighted by Gasteiger charge is -2.13. The number of carbonyl (C=O) groups is 1. The van der Waals surface area contributed by atoms with Gasteiger partial charge in [-0.05, 0) is 46.2 Å². The van der Waals surface area contributed by atoms with Crippen molar-refractivity contribution < 1.29 is 9.53 Å². The van der Waals surface area contributed by atoms with E-state index in [1.54, 1.807) is 24.6 Å². The van der Waals surface area contributed by atoms with Gasteiger partial charge in [-0.2, -0.15) is 11.3 Å². The number of methoxy groups -OCH3 is 1. The van der Waals surface area contributed by atoms with Gasteiger partial charge in [-0.15, -0.1) is 0 Å². The third-order valence-corrected chi connectivity index (χ3v) is 3.90. The minimum absolute atomic E-state index is 0.137. The van der Waals surface area contributed by atoms with Crippen LogP contribution in [0.2, 0.25) is 0 Å². The van der Waals surface area contributed by atoms with Gasteiger partial charge in [0.25, 0.3) is 0 Å². The summed E-state index contributed by atoms with van der Waals surface area (Å²) in [6.45, 7) is 1.47. The Hall–Kier alpha value is -2.40. The normalized spacial score (nSPS) is 10.6. The average Bonchev–Trinajstić information content (AvgIpc) is 2.99. The van der Waals surface area contributed by atoms with Gasteiger partial charge in [-0.1, -0.05) is 0 Å². The number of nitrogens with one attached hydrogen (secondary N) is 1.